The number of amides is 2. The number of para-hydroxylation sites is 1. The SMILES string of the molecule is C#Cc1cccc(NC(=O)CN(C)C(=O)c2cccc3c2OCCO3)c1. The van der Waals surface area contributed by atoms with Crippen LogP contribution in [0.2, 0.25) is 0 Å². The summed E-state index contributed by atoms with van der Waals surface area (Å²) in [6.45, 7) is 0.719. The Morgan fingerprint density at radius 1 is 1.19 bits per heavy atom. The number of nitrogens with one attached hydrogen (secondary N) is 1. The van der Waals surface area contributed by atoms with Gasteiger partial charge in [-0.3, -0.25) is 9.59 Å². The molecule has 0 saturated carbocycles. The normalized spacial score (nSPS) is 12.0. The van der Waals surface area contributed by atoms with Gasteiger partial charge in [0.15, 0.2) is 11.5 Å². The van der Waals surface area contributed by atoms with Gasteiger partial charge in [0.2, 0.25) is 5.91 Å². The van der Waals surface area contributed by atoms with Crippen molar-refractivity contribution in [1.29, 1.82) is 0 Å². The first-order valence-corrected chi connectivity index (χ1v) is 8.09. The summed E-state index contributed by atoms with van der Waals surface area (Å²) in [6, 6.07) is 12.1. The van der Waals surface area contributed by atoms with E-state index in [4.69, 9.17) is 15.9 Å². The molecule has 0 radical (unpaired) electrons. The Labute approximate surface area is 151 Å². The molecular weight excluding hydrogens is 332 g/mol. The number of carbonyl (C=O) groups is 2. The number of anilines is 1. The number of ether oxygens (including phenoxy) is 2. The summed E-state index contributed by atoms with van der Waals surface area (Å²) in [7, 11) is 1.56. The second-order valence-corrected chi connectivity index (χ2v) is 5.76. The Balaban J connectivity index is 1.68. The van der Waals surface area contributed by atoms with Crippen LogP contribution in [0.5, 0.6) is 11.5 Å². The summed E-state index contributed by atoms with van der Waals surface area (Å²) in [5, 5.41) is 2.73. The Morgan fingerprint density at radius 2 is 1.96 bits per heavy atom. The van der Waals surface area contributed by atoms with Gasteiger partial charge in [0.1, 0.15) is 13.2 Å². The molecule has 0 fully saturated rings. The summed E-state index contributed by atoms with van der Waals surface area (Å²) in [5.74, 6) is 2.81. The number of terminal acetylenes is 1. The molecule has 0 aliphatic carbocycles. The lowest BCUT2D eigenvalue weighted by molar-refractivity contribution is -0.116. The number of benzene rings is 2. The van der Waals surface area contributed by atoms with Crippen molar-refractivity contribution in [2.24, 2.45) is 0 Å². The average Bonchev–Trinajstić information content (AvgIpc) is 2.67. The second-order valence-electron chi connectivity index (χ2n) is 5.76. The number of rotatable bonds is 4. The fourth-order valence-corrected chi connectivity index (χ4v) is 2.62. The third-order valence-electron chi connectivity index (χ3n) is 3.84. The van der Waals surface area contributed by atoms with Gasteiger partial charge in [-0.15, -0.1) is 6.42 Å². The van der Waals surface area contributed by atoms with Crippen LogP contribution in [0, 0.1) is 12.3 Å². The van der Waals surface area contributed by atoms with Crippen molar-refractivity contribution in [2.45, 2.75) is 0 Å². The van der Waals surface area contributed by atoms with Crippen LogP contribution in [-0.2, 0) is 4.79 Å². The van der Waals surface area contributed by atoms with Crippen molar-refractivity contribution < 1.29 is 19.1 Å². The number of hydrogen-bond acceptors (Lipinski definition) is 4. The van der Waals surface area contributed by atoms with E-state index in [1.807, 2.05) is 0 Å². The molecule has 0 saturated heterocycles. The molecule has 1 aliphatic rings. The molecule has 1 N–H and O–H groups in total. The average molecular weight is 350 g/mol. The highest BCUT2D eigenvalue weighted by Gasteiger charge is 2.23. The van der Waals surface area contributed by atoms with E-state index in [2.05, 4.69) is 11.2 Å². The summed E-state index contributed by atoms with van der Waals surface area (Å²) in [6.07, 6.45) is 5.35. The van der Waals surface area contributed by atoms with E-state index in [-0.39, 0.29) is 18.4 Å². The van der Waals surface area contributed by atoms with Crippen molar-refractivity contribution in [2.75, 3.05) is 32.1 Å². The van der Waals surface area contributed by atoms with Gasteiger partial charge in [-0.25, -0.2) is 0 Å². The number of hydrogen-bond donors (Lipinski definition) is 1. The van der Waals surface area contributed by atoms with Crippen LogP contribution in [-0.4, -0.2) is 43.5 Å². The van der Waals surface area contributed by atoms with E-state index in [1.54, 1.807) is 49.5 Å². The molecule has 1 heterocycles. The quantitative estimate of drug-likeness (QED) is 0.858. The van der Waals surface area contributed by atoms with Crippen molar-refractivity contribution >= 4 is 17.5 Å². The minimum Gasteiger partial charge on any atom is -0.486 e. The highest BCUT2D eigenvalue weighted by Crippen LogP contribution is 2.34. The Kier molecular flexibility index (Phi) is 5.09. The first-order chi connectivity index (χ1) is 12.6. The van der Waals surface area contributed by atoms with Gasteiger partial charge >= 0.3 is 0 Å². The predicted octanol–water partition coefficient (Wildman–Crippen LogP) is 2.15. The smallest absolute Gasteiger partial charge is 0.257 e. The fourth-order valence-electron chi connectivity index (χ4n) is 2.62. The van der Waals surface area contributed by atoms with Crippen LogP contribution in [0.3, 0.4) is 0 Å². The van der Waals surface area contributed by atoms with Crippen molar-refractivity contribution in [1.82, 2.24) is 4.90 Å². The topological polar surface area (TPSA) is 67.9 Å². The molecule has 3 rings (SSSR count). The van der Waals surface area contributed by atoms with Gasteiger partial charge < -0.3 is 19.7 Å². The third kappa shape index (κ3) is 3.78. The third-order valence-corrected chi connectivity index (χ3v) is 3.84. The van der Waals surface area contributed by atoms with E-state index < -0.39 is 0 Å². The molecule has 132 valence electrons. The minimum absolute atomic E-state index is 0.108. The Morgan fingerprint density at radius 3 is 2.77 bits per heavy atom. The maximum atomic E-state index is 12.7. The monoisotopic (exact) mass is 350 g/mol. The first kappa shape index (κ1) is 17.4. The highest BCUT2D eigenvalue weighted by atomic mass is 16.6. The van der Waals surface area contributed by atoms with Crippen LogP contribution >= 0.6 is 0 Å². The van der Waals surface area contributed by atoms with Crippen LogP contribution in [0.25, 0.3) is 0 Å². The molecule has 2 aromatic rings. The molecule has 0 atom stereocenters. The lowest BCUT2D eigenvalue weighted by atomic mass is 10.1. The van der Waals surface area contributed by atoms with E-state index in [0.29, 0.717) is 41.5 Å². The molecule has 0 bridgehead atoms. The molecule has 0 spiro atoms. The van der Waals surface area contributed by atoms with E-state index in [0.717, 1.165) is 0 Å². The number of fused-ring (bicyclic) bond motifs is 1. The van der Waals surface area contributed by atoms with Gasteiger partial charge in [0.25, 0.3) is 5.91 Å². The number of carbonyl (C=O) groups excluding carboxylic acids is 2. The first-order valence-electron chi connectivity index (χ1n) is 8.09. The van der Waals surface area contributed by atoms with Gasteiger partial charge in [0, 0.05) is 18.3 Å². The minimum atomic E-state index is -0.322. The highest BCUT2D eigenvalue weighted by molar-refractivity contribution is 6.01. The zero-order chi connectivity index (χ0) is 18.5. The van der Waals surface area contributed by atoms with Gasteiger partial charge in [0.05, 0.1) is 12.1 Å². The fraction of sp³-hybridized carbons (Fsp3) is 0.200. The molecule has 6 nitrogen and oxygen atoms in total. The van der Waals surface area contributed by atoms with E-state index in [9.17, 15) is 9.59 Å². The largest absolute Gasteiger partial charge is 0.486 e. The van der Waals surface area contributed by atoms with Crippen LogP contribution in [0.15, 0.2) is 42.5 Å². The Hall–Kier alpha value is -3.46. The summed E-state index contributed by atoms with van der Waals surface area (Å²) in [4.78, 5) is 26.3. The zero-order valence-electron chi connectivity index (χ0n) is 14.3. The second kappa shape index (κ2) is 7.62. The standard InChI is InChI=1S/C20H18N2O4/c1-3-14-6-4-7-15(12-14)21-18(23)13-22(2)20(24)16-8-5-9-17-19(16)26-11-10-25-17/h1,4-9,12H,10-11,13H2,2H3,(H,21,23). The molecular formula is C20H18N2O4. The van der Waals surface area contributed by atoms with Crippen molar-refractivity contribution in [3.63, 3.8) is 0 Å². The van der Waals surface area contributed by atoms with Crippen LogP contribution in [0.4, 0.5) is 5.69 Å². The number of nitrogens with zero attached hydrogens (tertiary/aromatic N) is 1. The summed E-state index contributed by atoms with van der Waals surface area (Å²) < 4.78 is 11.0. The van der Waals surface area contributed by atoms with Crippen molar-refractivity contribution in [3.8, 4) is 23.8 Å². The lowest BCUT2D eigenvalue weighted by Gasteiger charge is -2.23. The molecule has 1 aliphatic heterocycles. The van der Waals surface area contributed by atoms with Crippen LogP contribution in [0.1, 0.15) is 15.9 Å². The predicted molar refractivity (Wildman–Crippen MR) is 97.4 cm³/mol. The van der Waals surface area contributed by atoms with Gasteiger partial charge in [-0.2, -0.15) is 0 Å². The molecule has 0 aromatic heterocycles. The van der Waals surface area contributed by atoms with Gasteiger partial charge in [-0.05, 0) is 30.3 Å². The number of likely N-dealkylation sites (N-methyl/N-ethyl adjacent to an activating group) is 1. The molecule has 6 heteroatoms. The van der Waals surface area contributed by atoms with E-state index >= 15 is 0 Å². The summed E-state index contributed by atoms with van der Waals surface area (Å²) in [5.41, 5.74) is 1.62. The molecule has 2 amide bonds. The lowest BCUT2D eigenvalue weighted by Crippen LogP contribution is -2.35. The molecule has 26 heavy (non-hydrogen) atoms. The maximum Gasteiger partial charge on any atom is 0.257 e. The summed E-state index contributed by atoms with van der Waals surface area (Å²) >= 11 is 0. The van der Waals surface area contributed by atoms with Gasteiger partial charge in [-0.1, -0.05) is 18.1 Å². The molecule has 0 unspecified atom stereocenters. The molecule has 2 aromatic carbocycles. The maximum absolute atomic E-state index is 12.7. The van der Waals surface area contributed by atoms with E-state index in [1.165, 1.54) is 4.90 Å². The van der Waals surface area contributed by atoms with Crippen LogP contribution < -0.4 is 14.8 Å². The van der Waals surface area contributed by atoms with Crippen molar-refractivity contribution in [3.05, 3.63) is 53.6 Å². The Bertz CT molecular complexity index is 886. The zero-order valence-corrected chi connectivity index (χ0v) is 14.3.